The third-order valence-corrected chi connectivity index (χ3v) is 5.85. The van der Waals surface area contributed by atoms with Gasteiger partial charge >= 0.3 is 0 Å². The second-order valence-corrected chi connectivity index (χ2v) is 7.74. The number of phenols is 1. The topological polar surface area (TPSA) is 26.7 Å². The lowest BCUT2D eigenvalue weighted by Crippen LogP contribution is -2.43. The lowest BCUT2D eigenvalue weighted by Gasteiger charge is -2.39. The van der Waals surface area contributed by atoms with Gasteiger partial charge in [-0.2, -0.15) is 0 Å². The molecule has 1 aromatic carbocycles. The Balaban J connectivity index is 1.42. The van der Waals surface area contributed by atoms with Gasteiger partial charge in [0, 0.05) is 12.6 Å². The van der Waals surface area contributed by atoms with Gasteiger partial charge in [-0.15, -0.1) is 0 Å². The molecule has 0 radical (unpaired) electrons. The smallest absolute Gasteiger partial charge is 0.115 e. The molecule has 1 aromatic rings. The maximum absolute atomic E-state index is 9.42. The molecule has 0 aromatic heterocycles. The molecule has 2 saturated heterocycles. The minimum absolute atomic E-state index is 0.374. The Labute approximate surface area is 141 Å². The van der Waals surface area contributed by atoms with Gasteiger partial charge in [-0.25, -0.2) is 0 Å². The number of likely N-dealkylation sites (tertiary alicyclic amines) is 2. The second-order valence-electron chi connectivity index (χ2n) is 7.74. The largest absolute Gasteiger partial charge is 0.508 e. The Kier molecular flexibility index (Phi) is 5.60. The van der Waals surface area contributed by atoms with Crippen LogP contribution in [0, 0.1) is 5.92 Å². The Morgan fingerprint density at radius 2 is 1.57 bits per heavy atom. The molecular formula is C20H32N2O. The van der Waals surface area contributed by atoms with Crippen molar-refractivity contribution in [3.63, 3.8) is 0 Å². The molecule has 3 heteroatoms. The highest BCUT2D eigenvalue weighted by Gasteiger charge is 2.25. The first kappa shape index (κ1) is 16.8. The minimum atomic E-state index is 0.374. The van der Waals surface area contributed by atoms with Gasteiger partial charge in [-0.1, -0.05) is 12.1 Å². The van der Waals surface area contributed by atoms with Gasteiger partial charge in [0.25, 0.3) is 0 Å². The van der Waals surface area contributed by atoms with Gasteiger partial charge in [0.1, 0.15) is 5.75 Å². The molecule has 2 aliphatic heterocycles. The number of piperidine rings is 2. The zero-order chi connectivity index (χ0) is 16.2. The number of aromatic hydroxyl groups is 1. The normalized spacial score (nSPS) is 22.7. The van der Waals surface area contributed by atoms with E-state index in [1.807, 2.05) is 12.1 Å². The van der Waals surface area contributed by atoms with E-state index < -0.39 is 0 Å². The molecular weight excluding hydrogens is 284 g/mol. The van der Waals surface area contributed by atoms with E-state index in [-0.39, 0.29) is 0 Å². The number of benzene rings is 1. The SMILES string of the molecule is CC(C)N1CCC(CN2CCC(c3ccc(O)cc3)CC2)CC1. The predicted molar refractivity (Wildman–Crippen MR) is 96.0 cm³/mol. The van der Waals surface area contributed by atoms with Crippen molar-refractivity contribution in [3.05, 3.63) is 29.8 Å². The van der Waals surface area contributed by atoms with Crippen LogP contribution in [0.2, 0.25) is 0 Å². The van der Waals surface area contributed by atoms with Crippen LogP contribution in [0.1, 0.15) is 51.0 Å². The van der Waals surface area contributed by atoms with Crippen molar-refractivity contribution < 1.29 is 5.11 Å². The molecule has 0 amide bonds. The van der Waals surface area contributed by atoms with E-state index in [2.05, 4.69) is 35.8 Å². The Morgan fingerprint density at radius 3 is 2.13 bits per heavy atom. The van der Waals surface area contributed by atoms with Crippen LogP contribution in [0.5, 0.6) is 5.75 Å². The van der Waals surface area contributed by atoms with Crippen LogP contribution in [0.4, 0.5) is 0 Å². The van der Waals surface area contributed by atoms with Gasteiger partial charge in [-0.05, 0) is 95.2 Å². The molecule has 3 rings (SSSR count). The number of hydrogen-bond donors (Lipinski definition) is 1. The Hall–Kier alpha value is -1.06. The quantitative estimate of drug-likeness (QED) is 0.917. The lowest BCUT2D eigenvalue weighted by atomic mass is 9.88. The summed E-state index contributed by atoms with van der Waals surface area (Å²) in [6.45, 7) is 11.0. The Morgan fingerprint density at radius 1 is 0.957 bits per heavy atom. The number of hydrogen-bond acceptors (Lipinski definition) is 3. The first-order valence-electron chi connectivity index (χ1n) is 9.37. The first-order chi connectivity index (χ1) is 11.1. The van der Waals surface area contributed by atoms with Crippen LogP contribution >= 0.6 is 0 Å². The van der Waals surface area contributed by atoms with Crippen LogP contribution < -0.4 is 0 Å². The molecule has 2 aliphatic rings. The van der Waals surface area contributed by atoms with Gasteiger partial charge in [0.15, 0.2) is 0 Å². The zero-order valence-electron chi connectivity index (χ0n) is 14.7. The highest BCUT2D eigenvalue weighted by molar-refractivity contribution is 5.28. The van der Waals surface area contributed by atoms with Crippen LogP contribution in [0.25, 0.3) is 0 Å². The highest BCUT2D eigenvalue weighted by atomic mass is 16.3. The minimum Gasteiger partial charge on any atom is -0.508 e. The zero-order valence-corrected chi connectivity index (χ0v) is 14.7. The summed E-state index contributed by atoms with van der Waals surface area (Å²) in [5.74, 6) is 1.95. The lowest BCUT2D eigenvalue weighted by molar-refractivity contribution is 0.111. The molecule has 3 nitrogen and oxygen atoms in total. The summed E-state index contributed by atoms with van der Waals surface area (Å²) in [5, 5.41) is 9.42. The summed E-state index contributed by atoms with van der Waals surface area (Å²) >= 11 is 0. The van der Waals surface area contributed by atoms with Crippen molar-refractivity contribution in [1.82, 2.24) is 9.80 Å². The molecule has 0 atom stereocenters. The van der Waals surface area contributed by atoms with Crippen molar-refractivity contribution >= 4 is 0 Å². The number of nitrogens with zero attached hydrogens (tertiary/aromatic N) is 2. The van der Waals surface area contributed by atoms with E-state index in [0.717, 1.165) is 5.92 Å². The van der Waals surface area contributed by atoms with Gasteiger partial charge in [0.05, 0.1) is 0 Å². The van der Waals surface area contributed by atoms with Crippen molar-refractivity contribution in [3.8, 4) is 5.75 Å². The van der Waals surface area contributed by atoms with Crippen molar-refractivity contribution in [2.24, 2.45) is 5.92 Å². The summed E-state index contributed by atoms with van der Waals surface area (Å²) < 4.78 is 0. The third kappa shape index (κ3) is 4.48. The first-order valence-corrected chi connectivity index (χ1v) is 9.37. The maximum Gasteiger partial charge on any atom is 0.115 e. The van der Waals surface area contributed by atoms with Gasteiger partial charge in [-0.3, -0.25) is 0 Å². The number of phenolic OH excluding ortho intramolecular Hbond substituents is 1. The van der Waals surface area contributed by atoms with Crippen LogP contribution in [-0.4, -0.2) is 53.7 Å². The second kappa shape index (κ2) is 7.67. The Bertz CT molecular complexity index is 469. The van der Waals surface area contributed by atoms with E-state index in [1.54, 1.807) is 0 Å². The van der Waals surface area contributed by atoms with Crippen molar-refractivity contribution in [2.75, 3.05) is 32.7 Å². The number of rotatable bonds is 4. The molecule has 0 spiro atoms. The van der Waals surface area contributed by atoms with E-state index in [0.29, 0.717) is 17.7 Å². The summed E-state index contributed by atoms with van der Waals surface area (Å²) in [4.78, 5) is 5.31. The summed E-state index contributed by atoms with van der Waals surface area (Å²) in [7, 11) is 0. The molecule has 23 heavy (non-hydrogen) atoms. The van der Waals surface area contributed by atoms with E-state index in [4.69, 9.17) is 0 Å². The fourth-order valence-electron chi connectivity index (χ4n) is 4.21. The standard InChI is InChI=1S/C20H32N2O/c1-16(2)22-13-7-17(8-14-22)15-21-11-9-19(10-12-21)18-3-5-20(23)6-4-18/h3-6,16-17,19,23H,7-15H2,1-2H3. The molecule has 0 saturated carbocycles. The molecule has 2 fully saturated rings. The van der Waals surface area contributed by atoms with Gasteiger partial charge in [0.2, 0.25) is 0 Å². The highest BCUT2D eigenvalue weighted by Crippen LogP contribution is 2.30. The molecule has 1 N–H and O–H groups in total. The summed E-state index contributed by atoms with van der Waals surface area (Å²) in [6, 6.07) is 8.54. The van der Waals surface area contributed by atoms with Crippen molar-refractivity contribution in [1.29, 1.82) is 0 Å². The maximum atomic E-state index is 9.42. The van der Waals surface area contributed by atoms with E-state index in [1.165, 1.54) is 64.0 Å². The van der Waals surface area contributed by atoms with E-state index in [9.17, 15) is 5.11 Å². The molecule has 2 heterocycles. The van der Waals surface area contributed by atoms with Crippen LogP contribution in [-0.2, 0) is 0 Å². The average molecular weight is 316 g/mol. The fraction of sp³-hybridized carbons (Fsp3) is 0.700. The monoisotopic (exact) mass is 316 g/mol. The molecule has 128 valence electrons. The van der Waals surface area contributed by atoms with Crippen LogP contribution in [0.3, 0.4) is 0 Å². The average Bonchev–Trinajstić information content (AvgIpc) is 2.57. The third-order valence-electron chi connectivity index (χ3n) is 5.85. The molecule has 0 bridgehead atoms. The van der Waals surface area contributed by atoms with Gasteiger partial charge < -0.3 is 14.9 Å². The van der Waals surface area contributed by atoms with Crippen molar-refractivity contribution in [2.45, 2.75) is 51.5 Å². The summed E-state index contributed by atoms with van der Waals surface area (Å²) in [5.41, 5.74) is 1.40. The molecule has 0 aliphatic carbocycles. The predicted octanol–water partition coefficient (Wildman–Crippen LogP) is 3.69. The summed E-state index contributed by atoms with van der Waals surface area (Å²) in [6.07, 6.45) is 5.26. The fourth-order valence-corrected chi connectivity index (χ4v) is 4.21. The molecule has 0 unspecified atom stereocenters. The van der Waals surface area contributed by atoms with E-state index >= 15 is 0 Å². The van der Waals surface area contributed by atoms with Crippen LogP contribution in [0.15, 0.2) is 24.3 Å².